The molecule has 0 aliphatic carbocycles. The van der Waals surface area contributed by atoms with Crippen LogP contribution in [-0.2, 0) is 0 Å². The van der Waals surface area contributed by atoms with Crippen LogP contribution in [0.3, 0.4) is 0 Å². The molecule has 0 bridgehead atoms. The highest BCUT2D eigenvalue weighted by Crippen LogP contribution is 2.21. The normalized spacial score (nSPS) is 23.8. The minimum absolute atomic E-state index is 0.668. The molecule has 1 rings (SSSR count). The molecule has 0 radical (unpaired) electrons. The molecule has 0 amide bonds. The van der Waals surface area contributed by atoms with Gasteiger partial charge < -0.3 is 5.32 Å². The second kappa shape index (κ2) is 8.16. The molecule has 2 heteroatoms. The van der Waals surface area contributed by atoms with Crippen molar-refractivity contribution >= 4 is 0 Å². The maximum atomic E-state index is 3.65. The van der Waals surface area contributed by atoms with Gasteiger partial charge in [-0.25, -0.2) is 0 Å². The molecule has 0 aromatic carbocycles. The minimum Gasteiger partial charge on any atom is -0.313 e. The van der Waals surface area contributed by atoms with Crippen molar-refractivity contribution in [1.29, 1.82) is 0 Å². The third-order valence-corrected chi connectivity index (χ3v) is 4.57. The van der Waals surface area contributed by atoms with Crippen molar-refractivity contribution in [3.05, 3.63) is 0 Å². The molecule has 2 nitrogen and oxygen atoms in total. The zero-order chi connectivity index (χ0) is 13.5. The average Bonchev–Trinajstić information content (AvgIpc) is 2.85. The predicted molar refractivity (Wildman–Crippen MR) is 81.0 cm³/mol. The molecule has 0 spiro atoms. The summed E-state index contributed by atoms with van der Waals surface area (Å²) in [6.45, 7) is 14.2. The molecule has 1 heterocycles. The van der Waals surface area contributed by atoms with Crippen LogP contribution in [0, 0.1) is 5.92 Å². The number of nitrogens with one attached hydrogen (secondary N) is 1. The van der Waals surface area contributed by atoms with Crippen LogP contribution in [0.4, 0.5) is 0 Å². The van der Waals surface area contributed by atoms with Crippen LogP contribution in [0.15, 0.2) is 0 Å². The van der Waals surface area contributed by atoms with Gasteiger partial charge in [-0.15, -0.1) is 0 Å². The van der Waals surface area contributed by atoms with E-state index in [1.807, 2.05) is 0 Å². The van der Waals surface area contributed by atoms with Crippen molar-refractivity contribution in [3.8, 4) is 0 Å². The monoisotopic (exact) mass is 254 g/mol. The van der Waals surface area contributed by atoms with Crippen molar-refractivity contribution in [2.24, 2.45) is 5.92 Å². The number of hydrogen-bond donors (Lipinski definition) is 1. The maximum absolute atomic E-state index is 3.65. The molecule has 1 saturated heterocycles. The second-order valence-electron chi connectivity index (χ2n) is 6.40. The molecular weight excluding hydrogens is 220 g/mol. The van der Waals surface area contributed by atoms with Gasteiger partial charge in [0.1, 0.15) is 0 Å². The van der Waals surface area contributed by atoms with E-state index in [2.05, 4.69) is 44.8 Å². The van der Waals surface area contributed by atoms with E-state index in [9.17, 15) is 0 Å². The molecule has 108 valence electrons. The van der Waals surface area contributed by atoms with Gasteiger partial charge in [0.25, 0.3) is 0 Å². The summed E-state index contributed by atoms with van der Waals surface area (Å²) in [5.41, 5.74) is 0. The summed E-state index contributed by atoms with van der Waals surface area (Å²) >= 11 is 0. The van der Waals surface area contributed by atoms with Crippen LogP contribution in [0.2, 0.25) is 0 Å². The average molecular weight is 254 g/mol. The van der Waals surface area contributed by atoms with Gasteiger partial charge in [0.05, 0.1) is 0 Å². The van der Waals surface area contributed by atoms with Crippen LogP contribution in [-0.4, -0.2) is 36.1 Å². The Kier molecular flexibility index (Phi) is 7.25. The third-order valence-electron chi connectivity index (χ3n) is 4.57. The number of hydrogen-bond acceptors (Lipinski definition) is 2. The molecule has 1 N–H and O–H groups in total. The molecule has 0 aromatic rings. The van der Waals surface area contributed by atoms with Gasteiger partial charge in [-0.3, -0.25) is 4.90 Å². The Bertz CT molecular complexity index is 209. The largest absolute Gasteiger partial charge is 0.313 e. The Morgan fingerprint density at radius 2 is 1.89 bits per heavy atom. The molecule has 18 heavy (non-hydrogen) atoms. The van der Waals surface area contributed by atoms with Gasteiger partial charge in [0.15, 0.2) is 0 Å². The first-order valence-corrected chi connectivity index (χ1v) is 8.07. The van der Waals surface area contributed by atoms with E-state index in [4.69, 9.17) is 0 Å². The van der Waals surface area contributed by atoms with Gasteiger partial charge in [-0.2, -0.15) is 0 Å². The Labute approximate surface area is 115 Å². The lowest BCUT2D eigenvalue weighted by Crippen LogP contribution is -2.47. The lowest BCUT2D eigenvalue weighted by molar-refractivity contribution is 0.116. The van der Waals surface area contributed by atoms with E-state index < -0.39 is 0 Å². The Morgan fingerprint density at radius 3 is 2.33 bits per heavy atom. The van der Waals surface area contributed by atoms with E-state index in [0.717, 1.165) is 18.0 Å². The molecule has 0 saturated carbocycles. The molecule has 1 aliphatic rings. The highest BCUT2D eigenvalue weighted by molar-refractivity contribution is 4.83. The smallest absolute Gasteiger partial charge is 0.0195 e. The standard InChI is InChI=1S/C16H34N2/c1-6-14(5)11-16(7-2)18(13(3)4)12-15-9-8-10-17-15/h13-17H,6-12H2,1-5H3. The molecule has 1 aliphatic heterocycles. The quantitative estimate of drug-likeness (QED) is 0.711. The van der Waals surface area contributed by atoms with Crippen molar-refractivity contribution in [1.82, 2.24) is 10.2 Å². The van der Waals surface area contributed by atoms with Crippen LogP contribution in [0.25, 0.3) is 0 Å². The first-order chi connectivity index (χ1) is 8.58. The second-order valence-corrected chi connectivity index (χ2v) is 6.40. The van der Waals surface area contributed by atoms with E-state index in [1.165, 1.54) is 45.2 Å². The molecule has 3 unspecified atom stereocenters. The summed E-state index contributed by atoms with van der Waals surface area (Å²) in [6.07, 6.45) is 6.68. The predicted octanol–water partition coefficient (Wildman–Crippen LogP) is 3.66. The zero-order valence-electron chi connectivity index (χ0n) is 13.2. The first kappa shape index (κ1) is 16.0. The summed E-state index contributed by atoms with van der Waals surface area (Å²) in [7, 11) is 0. The van der Waals surface area contributed by atoms with Gasteiger partial charge in [-0.1, -0.05) is 27.2 Å². The van der Waals surface area contributed by atoms with E-state index in [1.54, 1.807) is 0 Å². The van der Waals surface area contributed by atoms with Crippen molar-refractivity contribution < 1.29 is 0 Å². The summed E-state index contributed by atoms with van der Waals surface area (Å²) in [5.74, 6) is 0.854. The van der Waals surface area contributed by atoms with E-state index >= 15 is 0 Å². The summed E-state index contributed by atoms with van der Waals surface area (Å²) in [5, 5.41) is 3.65. The van der Waals surface area contributed by atoms with Crippen LogP contribution >= 0.6 is 0 Å². The maximum Gasteiger partial charge on any atom is 0.0195 e. The van der Waals surface area contributed by atoms with E-state index in [0.29, 0.717) is 6.04 Å². The fourth-order valence-corrected chi connectivity index (χ4v) is 3.12. The number of nitrogens with zero attached hydrogens (tertiary/aromatic N) is 1. The fourth-order valence-electron chi connectivity index (χ4n) is 3.12. The highest BCUT2D eigenvalue weighted by atomic mass is 15.2. The lowest BCUT2D eigenvalue weighted by atomic mass is 9.95. The highest BCUT2D eigenvalue weighted by Gasteiger charge is 2.25. The van der Waals surface area contributed by atoms with Gasteiger partial charge in [0, 0.05) is 24.7 Å². The molecule has 0 aromatic heterocycles. The molecular formula is C16H34N2. The van der Waals surface area contributed by atoms with Crippen molar-refractivity contribution in [2.75, 3.05) is 13.1 Å². The Hall–Kier alpha value is -0.0800. The molecule has 1 fully saturated rings. The SMILES string of the molecule is CCC(C)CC(CC)N(CC1CCCN1)C(C)C. The molecule has 3 atom stereocenters. The fraction of sp³-hybridized carbons (Fsp3) is 1.00. The first-order valence-electron chi connectivity index (χ1n) is 8.07. The Morgan fingerprint density at radius 1 is 1.17 bits per heavy atom. The summed E-state index contributed by atoms with van der Waals surface area (Å²) in [6, 6.07) is 2.17. The van der Waals surface area contributed by atoms with Gasteiger partial charge in [0.2, 0.25) is 0 Å². The lowest BCUT2D eigenvalue weighted by Gasteiger charge is -2.37. The van der Waals surface area contributed by atoms with Crippen LogP contribution in [0.5, 0.6) is 0 Å². The van der Waals surface area contributed by atoms with Gasteiger partial charge >= 0.3 is 0 Å². The van der Waals surface area contributed by atoms with E-state index in [-0.39, 0.29) is 0 Å². The Balaban J connectivity index is 2.55. The third kappa shape index (κ3) is 4.89. The summed E-state index contributed by atoms with van der Waals surface area (Å²) in [4.78, 5) is 2.75. The van der Waals surface area contributed by atoms with Crippen LogP contribution in [0.1, 0.15) is 66.7 Å². The summed E-state index contributed by atoms with van der Waals surface area (Å²) < 4.78 is 0. The number of rotatable bonds is 8. The van der Waals surface area contributed by atoms with Crippen molar-refractivity contribution in [3.63, 3.8) is 0 Å². The van der Waals surface area contributed by atoms with Crippen molar-refractivity contribution in [2.45, 2.75) is 84.8 Å². The minimum atomic E-state index is 0.668. The topological polar surface area (TPSA) is 15.3 Å². The van der Waals surface area contributed by atoms with Crippen LogP contribution < -0.4 is 5.32 Å². The van der Waals surface area contributed by atoms with Gasteiger partial charge in [-0.05, 0) is 52.0 Å². The zero-order valence-corrected chi connectivity index (χ0v) is 13.2.